The fourth-order valence-electron chi connectivity index (χ4n) is 3.53. The Bertz CT molecular complexity index is 1150. The van der Waals surface area contributed by atoms with Crippen LogP contribution in [0.15, 0.2) is 76.6 Å². The lowest BCUT2D eigenvalue weighted by Crippen LogP contribution is -2.31. The normalized spacial score (nSPS) is 16.4. The Kier molecular flexibility index (Phi) is 5.18. The standard InChI is InChI=1S/C23H17ClFNO4/c1-2-13-5-7-14(8-6-13)20-19(21(27)18-4-3-11-30-18)22(28)23(29)26(20)15-9-10-17(25)16(24)12-15/h3-12,20,28H,2H2,1H3. The minimum Gasteiger partial charge on any atom is -0.503 e. The molecule has 1 amide bonds. The van der Waals surface area contributed by atoms with Crippen molar-refractivity contribution in [2.75, 3.05) is 4.90 Å². The Morgan fingerprint density at radius 1 is 1.20 bits per heavy atom. The van der Waals surface area contributed by atoms with E-state index in [-0.39, 0.29) is 22.0 Å². The number of anilines is 1. The van der Waals surface area contributed by atoms with Gasteiger partial charge in [-0.1, -0.05) is 42.8 Å². The summed E-state index contributed by atoms with van der Waals surface area (Å²) in [7, 11) is 0. The van der Waals surface area contributed by atoms with Crippen LogP contribution in [0, 0.1) is 5.82 Å². The summed E-state index contributed by atoms with van der Waals surface area (Å²) in [5.74, 6) is -2.71. The highest BCUT2D eigenvalue weighted by Crippen LogP contribution is 2.42. The number of Topliss-reactive ketones (excluding diaryl/α,β-unsaturated/α-hetero) is 1. The summed E-state index contributed by atoms with van der Waals surface area (Å²) in [6.07, 6.45) is 2.16. The van der Waals surface area contributed by atoms with Crippen molar-refractivity contribution >= 4 is 29.0 Å². The molecule has 2 heterocycles. The molecule has 0 saturated carbocycles. The zero-order valence-corrected chi connectivity index (χ0v) is 16.7. The summed E-state index contributed by atoms with van der Waals surface area (Å²) in [4.78, 5) is 27.3. The van der Waals surface area contributed by atoms with Crippen molar-refractivity contribution in [3.63, 3.8) is 0 Å². The van der Waals surface area contributed by atoms with Gasteiger partial charge in [0.2, 0.25) is 5.78 Å². The number of amides is 1. The predicted octanol–water partition coefficient (Wildman–Crippen LogP) is 5.42. The largest absolute Gasteiger partial charge is 0.503 e. The molecule has 0 spiro atoms. The molecule has 1 aliphatic rings. The summed E-state index contributed by atoms with van der Waals surface area (Å²) < 4.78 is 18.9. The highest BCUT2D eigenvalue weighted by molar-refractivity contribution is 6.31. The van der Waals surface area contributed by atoms with Crippen LogP contribution in [0.1, 0.15) is 34.6 Å². The van der Waals surface area contributed by atoms with E-state index in [4.69, 9.17) is 16.0 Å². The van der Waals surface area contributed by atoms with Gasteiger partial charge in [-0.15, -0.1) is 0 Å². The Balaban J connectivity index is 1.88. The van der Waals surface area contributed by atoms with Crippen molar-refractivity contribution < 1.29 is 23.5 Å². The first kappa shape index (κ1) is 19.9. The number of benzene rings is 2. The smallest absolute Gasteiger partial charge is 0.294 e. The molecule has 0 saturated heterocycles. The van der Waals surface area contributed by atoms with Crippen molar-refractivity contribution in [3.8, 4) is 0 Å². The topological polar surface area (TPSA) is 70.7 Å². The zero-order valence-electron chi connectivity index (χ0n) is 15.9. The fraction of sp³-hybridized carbons (Fsp3) is 0.130. The average molecular weight is 426 g/mol. The van der Waals surface area contributed by atoms with Crippen molar-refractivity contribution in [2.45, 2.75) is 19.4 Å². The molecule has 1 atom stereocenters. The maximum Gasteiger partial charge on any atom is 0.294 e. The molecule has 3 aromatic rings. The summed E-state index contributed by atoms with van der Waals surface area (Å²) in [5, 5.41) is 10.5. The number of rotatable bonds is 5. The van der Waals surface area contributed by atoms with Crippen LogP contribution in [-0.2, 0) is 11.2 Å². The lowest BCUT2D eigenvalue weighted by atomic mass is 9.94. The second-order valence-corrected chi connectivity index (χ2v) is 7.25. The van der Waals surface area contributed by atoms with E-state index in [1.54, 1.807) is 18.2 Å². The average Bonchev–Trinajstić information content (AvgIpc) is 3.38. The van der Waals surface area contributed by atoms with Crippen LogP contribution < -0.4 is 4.90 Å². The number of carbonyl (C=O) groups excluding carboxylic acids is 2. The van der Waals surface area contributed by atoms with Gasteiger partial charge in [0.25, 0.3) is 5.91 Å². The van der Waals surface area contributed by atoms with Crippen LogP contribution in [0.4, 0.5) is 10.1 Å². The highest BCUT2D eigenvalue weighted by Gasteiger charge is 2.45. The molecular weight excluding hydrogens is 409 g/mol. The number of halogens is 2. The van der Waals surface area contributed by atoms with Gasteiger partial charge in [-0.2, -0.15) is 0 Å². The SMILES string of the molecule is CCc1ccc(C2C(C(=O)c3ccco3)=C(O)C(=O)N2c2ccc(F)c(Cl)c2)cc1. The number of aliphatic hydroxyl groups excluding tert-OH is 1. The Labute approximate surface area is 177 Å². The Hall–Kier alpha value is -3.38. The number of nitrogens with zero attached hydrogens (tertiary/aromatic N) is 1. The summed E-state index contributed by atoms with van der Waals surface area (Å²) in [6, 6.07) is 13.2. The lowest BCUT2D eigenvalue weighted by molar-refractivity contribution is -0.117. The van der Waals surface area contributed by atoms with Crippen LogP contribution in [0.5, 0.6) is 0 Å². The third kappa shape index (κ3) is 3.29. The van der Waals surface area contributed by atoms with Gasteiger partial charge >= 0.3 is 0 Å². The number of aliphatic hydroxyl groups is 1. The molecule has 1 aliphatic heterocycles. The molecule has 1 unspecified atom stereocenters. The first-order valence-corrected chi connectivity index (χ1v) is 9.69. The van der Waals surface area contributed by atoms with E-state index in [2.05, 4.69) is 0 Å². The van der Waals surface area contributed by atoms with Crippen molar-refractivity contribution in [1.82, 2.24) is 0 Å². The van der Waals surface area contributed by atoms with E-state index in [1.807, 2.05) is 19.1 Å². The minimum atomic E-state index is -0.928. The molecule has 152 valence electrons. The molecule has 0 fully saturated rings. The van der Waals surface area contributed by atoms with Gasteiger partial charge in [-0.3, -0.25) is 14.5 Å². The second kappa shape index (κ2) is 7.80. The van der Waals surface area contributed by atoms with E-state index in [0.717, 1.165) is 18.1 Å². The lowest BCUT2D eigenvalue weighted by Gasteiger charge is -2.27. The summed E-state index contributed by atoms with van der Waals surface area (Å²) in [6.45, 7) is 2.01. The zero-order chi connectivity index (χ0) is 21.4. The van der Waals surface area contributed by atoms with Crippen molar-refractivity contribution in [3.05, 3.63) is 99.9 Å². The third-order valence-corrected chi connectivity index (χ3v) is 5.37. The number of carbonyl (C=O) groups is 2. The van der Waals surface area contributed by atoms with E-state index < -0.39 is 29.3 Å². The number of aryl methyl sites for hydroxylation is 1. The quantitative estimate of drug-likeness (QED) is 0.554. The highest BCUT2D eigenvalue weighted by atomic mass is 35.5. The molecule has 4 rings (SSSR count). The molecule has 5 nitrogen and oxygen atoms in total. The van der Waals surface area contributed by atoms with Gasteiger partial charge in [0.05, 0.1) is 22.9 Å². The molecule has 2 aromatic carbocycles. The van der Waals surface area contributed by atoms with Crippen molar-refractivity contribution in [1.29, 1.82) is 0 Å². The molecule has 1 aromatic heterocycles. The van der Waals surface area contributed by atoms with E-state index >= 15 is 0 Å². The first-order chi connectivity index (χ1) is 14.4. The molecule has 0 aliphatic carbocycles. The third-order valence-electron chi connectivity index (χ3n) is 5.08. The second-order valence-electron chi connectivity index (χ2n) is 6.84. The van der Waals surface area contributed by atoms with Crippen LogP contribution in [-0.4, -0.2) is 16.8 Å². The maximum absolute atomic E-state index is 13.7. The number of ketones is 1. The number of hydrogen-bond donors (Lipinski definition) is 1. The van der Waals surface area contributed by atoms with Gasteiger partial charge in [0, 0.05) is 5.69 Å². The van der Waals surface area contributed by atoms with Gasteiger partial charge in [0.1, 0.15) is 5.82 Å². The predicted molar refractivity (Wildman–Crippen MR) is 110 cm³/mol. The van der Waals surface area contributed by atoms with Crippen LogP contribution in [0.2, 0.25) is 5.02 Å². The molecule has 0 radical (unpaired) electrons. The van der Waals surface area contributed by atoms with Crippen LogP contribution >= 0.6 is 11.6 Å². The van der Waals surface area contributed by atoms with Gasteiger partial charge in [-0.25, -0.2) is 4.39 Å². The van der Waals surface area contributed by atoms with Gasteiger partial charge in [0.15, 0.2) is 11.5 Å². The Morgan fingerprint density at radius 3 is 2.53 bits per heavy atom. The van der Waals surface area contributed by atoms with E-state index in [0.29, 0.717) is 5.56 Å². The maximum atomic E-state index is 13.7. The molecule has 0 bridgehead atoms. The van der Waals surface area contributed by atoms with E-state index in [1.165, 1.54) is 29.4 Å². The molecule has 1 N–H and O–H groups in total. The number of furan rings is 1. The van der Waals surface area contributed by atoms with Crippen LogP contribution in [0.25, 0.3) is 0 Å². The Morgan fingerprint density at radius 2 is 1.93 bits per heavy atom. The van der Waals surface area contributed by atoms with Crippen LogP contribution in [0.3, 0.4) is 0 Å². The fourth-order valence-corrected chi connectivity index (χ4v) is 3.70. The van der Waals surface area contributed by atoms with Crippen molar-refractivity contribution in [2.24, 2.45) is 0 Å². The first-order valence-electron chi connectivity index (χ1n) is 9.31. The summed E-state index contributed by atoms with van der Waals surface area (Å²) in [5.41, 5.74) is 1.83. The molecule has 30 heavy (non-hydrogen) atoms. The molecule has 7 heteroatoms. The molecular formula is C23H17ClFNO4. The van der Waals surface area contributed by atoms with Gasteiger partial charge in [-0.05, 0) is 47.9 Å². The number of hydrogen-bond acceptors (Lipinski definition) is 4. The minimum absolute atomic E-state index is 0.00137. The van der Waals surface area contributed by atoms with Gasteiger partial charge < -0.3 is 9.52 Å². The monoisotopic (exact) mass is 425 g/mol. The summed E-state index contributed by atoms with van der Waals surface area (Å²) >= 11 is 5.92. The van der Waals surface area contributed by atoms with E-state index in [9.17, 15) is 19.1 Å².